The molecule has 0 bridgehead atoms. The lowest BCUT2D eigenvalue weighted by Gasteiger charge is -2.33. The van der Waals surface area contributed by atoms with E-state index in [0.29, 0.717) is 0 Å². The van der Waals surface area contributed by atoms with E-state index in [-0.39, 0.29) is 0 Å². The summed E-state index contributed by atoms with van der Waals surface area (Å²) < 4.78 is 4.72. The first-order valence-corrected chi connectivity index (χ1v) is 10.4. The molecule has 138 valence electrons. The summed E-state index contributed by atoms with van der Waals surface area (Å²) in [5.41, 5.74) is 7.75. The quantitative estimate of drug-likeness (QED) is 0.402. The number of rotatable bonds is 3. The molecular formula is C25H24N3+. The van der Waals surface area contributed by atoms with Gasteiger partial charge in [-0.05, 0) is 66.9 Å². The second kappa shape index (κ2) is 5.96. The van der Waals surface area contributed by atoms with E-state index in [4.69, 9.17) is 0 Å². The average Bonchev–Trinajstić information content (AvgIpc) is 3.06. The van der Waals surface area contributed by atoms with Gasteiger partial charge < -0.3 is 4.90 Å². The maximum atomic E-state index is 2.45. The van der Waals surface area contributed by atoms with Crippen molar-refractivity contribution in [1.82, 2.24) is 4.40 Å². The number of hydrogen-bond donors (Lipinski definition) is 0. The van der Waals surface area contributed by atoms with Crippen molar-refractivity contribution in [2.75, 3.05) is 18.0 Å². The fourth-order valence-corrected chi connectivity index (χ4v) is 4.61. The first kappa shape index (κ1) is 15.9. The Hall–Kier alpha value is -3.07. The predicted molar refractivity (Wildman–Crippen MR) is 116 cm³/mol. The van der Waals surface area contributed by atoms with Crippen LogP contribution in [0.25, 0.3) is 33.0 Å². The van der Waals surface area contributed by atoms with Gasteiger partial charge in [-0.3, -0.25) is 0 Å². The van der Waals surface area contributed by atoms with Gasteiger partial charge in [-0.15, -0.1) is 0 Å². The molecular weight excluding hydrogens is 342 g/mol. The molecule has 28 heavy (non-hydrogen) atoms. The standard InChI is InChI=1S/C25H24N3/c1-2-4-18-5-10-24-19(15-18)6-8-22-17-27-23-11-9-21(26-13-3-14-26)16-20(23)7-12-25(27)28(22)24/h5-12,15-17H,2-4,13-14H2,1H3/q+1. The van der Waals surface area contributed by atoms with Crippen LogP contribution in [0.5, 0.6) is 0 Å². The van der Waals surface area contributed by atoms with E-state index in [1.807, 2.05) is 0 Å². The molecule has 5 aromatic rings. The zero-order valence-corrected chi connectivity index (χ0v) is 16.2. The minimum Gasteiger partial charge on any atom is -0.371 e. The zero-order valence-electron chi connectivity index (χ0n) is 16.2. The molecule has 3 nitrogen and oxygen atoms in total. The second-order valence-corrected chi connectivity index (χ2v) is 8.01. The number of imidazole rings is 1. The molecule has 0 atom stereocenters. The SMILES string of the molecule is CCCc1ccc2c(ccc3c[n+]4c5ccc(N6CCC6)cc5ccc4n32)c1. The highest BCUT2D eigenvalue weighted by Crippen LogP contribution is 2.26. The average molecular weight is 366 g/mol. The maximum absolute atomic E-state index is 2.45. The molecule has 1 aliphatic rings. The monoisotopic (exact) mass is 366 g/mol. The molecule has 4 heterocycles. The molecule has 3 heteroatoms. The van der Waals surface area contributed by atoms with Crippen LogP contribution in [0.2, 0.25) is 0 Å². The van der Waals surface area contributed by atoms with E-state index in [2.05, 4.69) is 87.5 Å². The summed E-state index contributed by atoms with van der Waals surface area (Å²) in [6.07, 6.45) is 5.89. The van der Waals surface area contributed by atoms with Crippen LogP contribution in [0.15, 0.2) is 66.9 Å². The van der Waals surface area contributed by atoms with Crippen molar-refractivity contribution < 1.29 is 4.40 Å². The third-order valence-corrected chi connectivity index (χ3v) is 6.20. The molecule has 0 N–H and O–H groups in total. The maximum Gasteiger partial charge on any atom is 0.292 e. The number of aromatic nitrogens is 2. The summed E-state index contributed by atoms with van der Waals surface area (Å²) in [6.45, 7) is 4.61. The van der Waals surface area contributed by atoms with E-state index in [9.17, 15) is 0 Å². The van der Waals surface area contributed by atoms with Crippen LogP contribution in [0.4, 0.5) is 5.69 Å². The number of nitrogens with zero attached hydrogens (tertiary/aromatic N) is 3. The molecule has 0 unspecified atom stereocenters. The van der Waals surface area contributed by atoms with Crippen LogP contribution in [0, 0.1) is 0 Å². The summed E-state index contributed by atoms with van der Waals surface area (Å²) in [7, 11) is 0. The molecule has 1 saturated heterocycles. The Labute approximate surface area is 164 Å². The number of aryl methyl sites for hydroxylation is 1. The Balaban J connectivity index is 1.61. The number of fused-ring (bicyclic) bond motifs is 7. The van der Waals surface area contributed by atoms with Gasteiger partial charge in [-0.2, -0.15) is 8.80 Å². The number of hydrogen-bond acceptors (Lipinski definition) is 1. The van der Waals surface area contributed by atoms with Crippen molar-refractivity contribution in [1.29, 1.82) is 0 Å². The van der Waals surface area contributed by atoms with Crippen molar-refractivity contribution >= 4 is 38.7 Å². The van der Waals surface area contributed by atoms with Crippen molar-refractivity contribution in [3.63, 3.8) is 0 Å². The molecule has 0 saturated carbocycles. The van der Waals surface area contributed by atoms with E-state index in [0.717, 1.165) is 6.42 Å². The molecule has 0 amide bonds. The molecule has 1 aliphatic heterocycles. The first-order chi connectivity index (χ1) is 13.8. The van der Waals surface area contributed by atoms with Crippen molar-refractivity contribution in [3.8, 4) is 0 Å². The fourth-order valence-electron chi connectivity index (χ4n) is 4.61. The lowest BCUT2D eigenvalue weighted by Crippen LogP contribution is -2.36. The fraction of sp³-hybridized carbons (Fsp3) is 0.240. The third-order valence-electron chi connectivity index (χ3n) is 6.20. The highest BCUT2D eigenvalue weighted by Gasteiger charge is 2.19. The molecule has 2 aromatic carbocycles. The van der Waals surface area contributed by atoms with E-state index < -0.39 is 0 Å². The zero-order chi connectivity index (χ0) is 18.7. The Kier molecular flexibility index (Phi) is 3.39. The highest BCUT2D eigenvalue weighted by molar-refractivity contribution is 5.87. The van der Waals surface area contributed by atoms with Gasteiger partial charge in [0, 0.05) is 35.6 Å². The molecule has 6 rings (SSSR count). The smallest absolute Gasteiger partial charge is 0.292 e. The van der Waals surface area contributed by atoms with Crippen LogP contribution < -0.4 is 9.30 Å². The molecule has 0 spiro atoms. The van der Waals surface area contributed by atoms with Gasteiger partial charge in [0.15, 0.2) is 5.52 Å². The van der Waals surface area contributed by atoms with E-state index >= 15 is 0 Å². The van der Waals surface area contributed by atoms with Gasteiger partial charge in [-0.1, -0.05) is 19.4 Å². The summed E-state index contributed by atoms with van der Waals surface area (Å²) >= 11 is 0. The normalized spacial score (nSPS) is 14.4. The Morgan fingerprint density at radius 2 is 1.79 bits per heavy atom. The van der Waals surface area contributed by atoms with Crippen LogP contribution in [-0.4, -0.2) is 17.5 Å². The van der Waals surface area contributed by atoms with Crippen LogP contribution in [0.1, 0.15) is 25.3 Å². The summed E-state index contributed by atoms with van der Waals surface area (Å²) in [5, 5.41) is 2.61. The Morgan fingerprint density at radius 1 is 0.893 bits per heavy atom. The minimum absolute atomic E-state index is 1.14. The van der Waals surface area contributed by atoms with Crippen LogP contribution >= 0.6 is 0 Å². The second-order valence-electron chi connectivity index (χ2n) is 8.01. The van der Waals surface area contributed by atoms with Crippen LogP contribution in [0.3, 0.4) is 0 Å². The van der Waals surface area contributed by atoms with Crippen LogP contribution in [-0.2, 0) is 6.42 Å². The highest BCUT2D eigenvalue weighted by atomic mass is 15.2. The predicted octanol–water partition coefficient (Wildman–Crippen LogP) is 5.15. The molecule has 3 aromatic heterocycles. The lowest BCUT2D eigenvalue weighted by molar-refractivity contribution is -0.479. The minimum atomic E-state index is 1.14. The van der Waals surface area contributed by atoms with Crippen molar-refractivity contribution in [2.45, 2.75) is 26.2 Å². The summed E-state index contributed by atoms with van der Waals surface area (Å²) in [5.74, 6) is 0. The lowest BCUT2D eigenvalue weighted by atomic mass is 10.1. The number of benzene rings is 2. The van der Waals surface area contributed by atoms with Gasteiger partial charge >= 0.3 is 0 Å². The van der Waals surface area contributed by atoms with Crippen molar-refractivity contribution in [2.24, 2.45) is 0 Å². The van der Waals surface area contributed by atoms with Gasteiger partial charge in [-0.25, -0.2) is 0 Å². The largest absolute Gasteiger partial charge is 0.371 e. The van der Waals surface area contributed by atoms with Crippen molar-refractivity contribution in [3.05, 3.63) is 72.4 Å². The molecule has 0 aliphatic carbocycles. The molecule has 0 radical (unpaired) electrons. The topological polar surface area (TPSA) is 11.8 Å². The number of pyridine rings is 2. The Morgan fingerprint density at radius 3 is 2.61 bits per heavy atom. The summed E-state index contributed by atoms with van der Waals surface area (Å²) in [4.78, 5) is 2.45. The first-order valence-electron chi connectivity index (χ1n) is 10.4. The molecule has 1 fully saturated rings. The van der Waals surface area contributed by atoms with Gasteiger partial charge in [0.1, 0.15) is 17.2 Å². The summed E-state index contributed by atoms with van der Waals surface area (Å²) in [6, 6.07) is 22.8. The van der Waals surface area contributed by atoms with E-state index in [1.165, 1.54) is 70.2 Å². The van der Waals surface area contributed by atoms with Gasteiger partial charge in [0.25, 0.3) is 5.65 Å². The number of anilines is 1. The van der Waals surface area contributed by atoms with E-state index in [1.54, 1.807) is 0 Å². The Bertz CT molecular complexity index is 1360. The van der Waals surface area contributed by atoms with Gasteiger partial charge in [0.05, 0.1) is 0 Å². The van der Waals surface area contributed by atoms with Gasteiger partial charge in [0.2, 0.25) is 0 Å². The third kappa shape index (κ3) is 2.26.